The van der Waals surface area contributed by atoms with Gasteiger partial charge >= 0.3 is 0 Å². The topological polar surface area (TPSA) is 61.4 Å². The third-order valence-electron chi connectivity index (χ3n) is 5.25. The second kappa shape index (κ2) is 8.42. The number of aromatic nitrogens is 2. The Kier molecular flexibility index (Phi) is 5.73. The number of thiophene rings is 1. The minimum absolute atomic E-state index is 0.174. The van der Waals surface area contributed by atoms with Crippen LogP contribution < -0.4 is 10.2 Å². The Morgan fingerprint density at radius 3 is 2.69 bits per heavy atom. The van der Waals surface area contributed by atoms with E-state index in [9.17, 15) is 9.18 Å². The van der Waals surface area contributed by atoms with Gasteiger partial charge in [-0.05, 0) is 37.6 Å². The largest absolute Gasteiger partial charge is 0.353 e. The zero-order chi connectivity index (χ0) is 20.4. The zero-order valence-corrected chi connectivity index (χ0v) is 17.4. The molecule has 0 spiro atoms. The van der Waals surface area contributed by atoms with E-state index in [4.69, 9.17) is 0 Å². The summed E-state index contributed by atoms with van der Waals surface area (Å²) >= 11 is 1.32. The maximum absolute atomic E-state index is 13.9. The number of rotatable bonds is 5. The van der Waals surface area contributed by atoms with E-state index in [2.05, 4.69) is 32.0 Å². The van der Waals surface area contributed by atoms with Crippen LogP contribution in [0.2, 0.25) is 0 Å². The number of carbonyl (C=O) groups excluding carboxylic acids is 1. The number of hydrogen-bond donors (Lipinski definition) is 1. The minimum Gasteiger partial charge on any atom is -0.353 e. The Labute approximate surface area is 173 Å². The molecule has 1 N–H and O–H groups in total. The number of aryl methyl sites for hydroxylation is 1. The first kappa shape index (κ1) is 19.7. The van der Waals surface area contributed by atoms with Gasteiger partial charge < -0.3 is 10.2 Å². The van der Waals surface area contributed by atoms with Crippen molar-refractivity contribution in [1.82, 2.24) is 14.9 Å². The number of anilines is 2. The lowest BCUT2D eigenvalue weighted by Crippen LogP contribution is -2.46. The molecule has 1 saturated heterocycles. The van der Waals surface area contributed by atoms with E-state index < -0.39 is 5.82 Å². The van der Waals surface area contributed by atoms with E-state index >= 15 is 0 Å². The molecular weight excluding hydrogens is 389 g/mol. The van der Waals surface area contributed by atoms with Crippen molar-refractivity contribution in [3.63, 3.8) is 0 Å². The summed E-state index contributed by atoms with van der Waals surface area (Å²) in [6.07, 6.45) is 2.71. The molecule has 8 heteroatoms. The average Bonchev–Trinajstić information content (AvgIpc) is 3.07. The van der Waals surface area contributed by atoms with E-state index in [0.717, 1.165) is 60.7 Å². The van der Waals surface area contributed by atoms with Crippen LogP contribution in [0, 0.1) is 12.7 Å². The van der Waals surface area contributed by atoms with Gasteiger partial charge in [0.25, 0.3) is 5.91 Å². The Bertz CT molecular complexity index is 1030. The molecule has 1 aliphatic rings. The highest BCUT2D eigenvalue weighted by atomic mass is 32.1. The van der Waals surface area contributed by atoms with Gasteiger partial charge in [0.05, 0.1) is 16.0 Å². The van der Waals surface area contributed by atoms with Crippen LogP contribution in [0.5, 0.6) is 0 Å². The summed E-state index contributed by atoms with van der Waals surface area (Å²) in [5.41, 5.74) is 1.01. The van der Waals surface area contributed by atoms with Crippen molar-refractivity contribution in [2.75, 3.05) is 42.9 Å². The van der Waals surface area contributed by atoms with Gasteiger partial charge in [0.2, 0.25) is 0 Å². The third kappa shape index (κ3) is 3.95. The summed E-state index contributed by atoms with van der Waals surface area (Å²) in [5.74, 6) is 0.101. The molecule has 29 heavy (non-hydrogen) atoms. The lowest BCUT2D eigenvalue weighted by atomic mass is 10.1. The monoisotopic (exact) mass is 413 g/mol. The first-order valence-corrected chi connectivity index (χ1v) is 10.7. The standard InChI is InChI=1S/C21H24FN5OS/c1-3-8-26-9-11-27(12-10-26)19-17-14(2)18(29-21(17)24-13-23-19)20(28)25-16-7-5-4-6-15(16)22/h4-7,13H,3,8-12H2,1-2H3,(H,25,28). The molecule has 1 fully saturated rings. The van der Waals surface area contributed by atoms with Gasteiger partial charge in [-0.25, -0.2) is 14.4 Å². The van der Waals surface area contributed by atoms with Crippen LogP contribution >= 0.6 is 11.3 Å². The molecule has 0 bridgehead atoms. The van der Waals surface area contributed by atoms with Crippen LogP contribution in [-0.2, 0) is 0 Å². The van der Waals surface area contributed by atoms with E-state index in [1.54, 1.807) is 24.5 Å². The maximum atomic E-state index is 13.9. The van der Waals surface area contributed by atoms with E-state index in [0.29, 0.717) is 4.88 Å². The summed E-state index contributed by atoms with van der Waals surface area (Å²) in [7, 11) is 0. The number of amides is 1. The highest BCUT2D eigenvalue weighted by Crippen LogP contribution is 2.35. The van der Waals surface area contributed by atoms with Gasteiger partial charge in [-0.15, -0.1) is 11.3 Å². The van der Waals surface area contributed by atoms with Crippen LogP contribution in [-0.4, -0.2) is 53.5 Å². The Morgan fingerprint density at radius 2 is 1.97 bits per heavy atom. The fourth-order valence-corrected chi connectivity index (χ4v) is 4.79. The van der Waals surface area contributed by atoms with Crippen LogP contribution in [0.15, 0.2) is 30.6 Å². The van der Waals surface area contributed by atoms with Gasteiger partial charge in [0.1, 0.15) is 22.8 Å². The van der Waals surface area contributed by atoms with Crippen LogP contribution in [0.4, 0.5) is 15.9 Å². The summed E-state index contributed by atoms with van der Waals surface area (Å²) in [5, 5.41) is 3.59. The normalized spacial score (nSPS) is 15.1. The van der Waals surface area contributed by atoms with Crippen molar-refractivity contribution in [2.24, 2.45) is 0 Å². The summed E-state index contributed by atoms with van der Waals surface area (Å²) < 4.78 is 13.9. The van der Waals surface area contributed by atoms with Crippen molar-refractivity contribution in [2.45, 2.75) is 20.3 Å². The molecule has 0 aliphatic carbocycles. The third-order valence-corrected chi connectivity index (χ3v) is 6.45. The van der Waals surface area contributed by atoms with E-state index in [1.807, 2.05) is 6.92 Å². The van der Waals surface area contributed by atoms with Crippen LogP contribution in [0.3, 0.4) is 0 Å². The van der Waals surface area contributed by atoms with Crippen molar-refractivity contribution in [3.8, 4) is 0 Å². The lowest BCUT2D eigenvalue weighted by Gasteiger charge is -2.35. The van der Waals surface area contributed by atoms with Crippen LogP contribution in [0.25, 0.3) is 10.2 Å². The lowest BCUT2D eigenvalue weighted by molar-refractivity contribution is 0.102. The fraction of sp³-hybridized carbons (Fsp3) is 0.381. The van der Waals surface area contributed by atoms with Crippen molar-refractivity contribution < 1.29 is 9.18 Å². The molecule has 3 aromatic rings. The Morgan fingerprint density at radius 1 is 1.21 bits per heavy atom. The number of benzene rings is 1. The SMILES string of the molecule is CCCN1CCN(c2ncnc3sc(C(=O)Nc4ccccc4F)c(C)c23)CC1. The molecule has 152 valence electrons. The predicted octanol–water partition coefficient (Wildman–Crippen LogP) is 3.92. The minimum atomic E-state index is -0.454. The van der Waals surface area contributed by atoms with E-state index in [-0.39, 0.29) is 11.6 Å². The highest BCUT2D eigenvalue weighted by molar-refractivity contribution is 7.20. The summed E-state index contributed by atoms with van der Waals surface area (Å²) in [6.45, 7) is 9.03. The van der Waals surface area contributed by atoms with Gasteiger partial charge in [-0.1, -0.05) is 19.1 Å². The fourth-order valence-electron chi connectivity index (χ4n) is 3.75. The quantitative estimate of drug-likeness (QED) is 0.687. The van der Waals surface area contributed by atoms with Crippen molar-refractivity contribution in [3.05, 3.63) is 46.9 Å². The summed E-state index contributed by atoms with van der Waals surface area (Å²) in [6, 6.07) is 6.17. The Balaban J connectivity index is 1.62. The second-order valence-corrected chi connectivity index (χ2v) is 8.20. The molecule has 1 aromatic carbocycles. The number of nitrogens with zero attached hydrogens (tertiary/aromatic N) is 4. The first-order chi connectivity index (χ1) is 14.1. The average molecular weight is 414 g/mol. The molecule has 4 rings (SSSR count). The van der Waals surface area contributed by atoms with E-state index in [1.165, 1.54) is 17.4 Å². The van der Waals surface area contributed by atoms with Crippen molar-refractivity contribution in [1.29, 1.82) is 0 Å². The number of hydrogen-bond acceptors (Lipinski definition) is 6. The number of fused-ring (bicyclic) bond motifs is 1. The van der Waals surface area contributed by atoms with Crippen molar-refractivity contribution >= 4 is 39.0 Å². The molecule has 0 saturated carbocycles. The van der Waals surface area contributed by atoms with Crippen LogP contribution in [0.1, 0.15) is 28.6 Å². The molecule has 3 heterocycles. The van der Waals surface area contributed by atoms with Gasteiger partial charge in [-0.3, -0.25) is 9.69 Å². The smallest absolute Gasteiger partial charge is 0.266 e. The number of halogens is 1. The number of piperazine rings is 1. The molecule has 6 nitrogen and oxygen atoms in total. The molecule has 0 atom stereocenters. The highest BCUT2D eigenvalue weighted by Gasteiger charge is 2.24. The first-order valence-electron chi connectivity index (χ1n) is 9.85. The maximum Gasteiger partial charge on any atom is 0.266 e. The van der Waals surface area contributed by atoms with Gasteiger partial charge in [0, 0.05) is 26.2 Å². The number of para-hydroxylation sites is 1. The molecule has 0 radical (unpaired) electrons. The molecule has 1 aliphatic heterocycles. The molecule has 1 amide bonds. The summed E-state index contributed by atoms with van der Waals surface area (Å²) in [4.78, 5) is 27.8. The van der Waals surface area contributed by atoms with Gasteiger partial charge in [0.15, 0.2) is 0 Å². The molecular formula is C21H24FN5OS. The second-order valence-electron chi connectivity index (χ2n) is 7.20. The molecule has 2 aromatic heterocycles. The van der Waals surface area contributed by atoms with Gasteiger partial charge in [-0.2, -0.15) is 0 Å². The molecule has 0 unspecified atom stereocenters. The number of carbonyl (C=O) groups is 1. The number of nitrogens with one attached hydrogen (secondary N) is 1. The zero-order valence-electron chi connectivity index (χ0n) is 16.6. The predicted molar refractivity (Wildman–Crippen MR) is 115 cm³/mol. The Hall–Kier alpha value is -2.58.